The van der Waals surface area contributed by atoms with E-state index in [4.69, 9.17) is 5.73 Å². The lowest BCUT2D eigenvalue weighted by Crippen LogP contribution is -2.53. The first-order valence-electron chi connectivity index (χ1n) is 6.88. The average Bonchev–Trinajstić information content (AvgIpc) is 2.47. The smallest absolute Gasteiger partial charge is 0.244 e. The first-order valence-corrected chi connectivity index (χ1v) is 8.32. The van der Waals surface area contributed by atoms with Crippen molar-refractivity contribution in [3.05, 3.63) is 24.0 Å². The number of hydrogen-bond donors (Lipinski definition) is 1. The molecule has 1 unspecified atom stereocenters. The number of hydrogen-bond acceptors (Lipinski definition) is 5. The van der Waals surface area contributed by atoms with E-state index in [0.717, 1.165) is 13.1 Å². The predicted octanol–water partition coefficient (Wildman–Crippen LogP) is 0.255. The molecule has 0 radical (unpaired) electrons. The average molecular weight is 298 g/mol. The number of rotatable bonds is 4. The highest BCUT2D eigenvalue weighted by molar-refractivity contribution is 7.89. The van der Waals surface area contributed by atoms with Gasteiger partial charge in [0.2, 0.25) is 10.0 Å². The SMILES string of the molecule is CCN1CCN(S(=O)(=O)c2ccc(CN)nc2)CC1C. The fraction of sp³-hybridized carbons (Fsp3) is 0.615. The van der Waals surface area contributed by atoms with Gasteiger partial charge in [-0.1, -0.05) is 6.92 Å². The maximum Gasteiger partial charge on any atom is 0.244 e. The van der Waals surface area contributed by atoms with Gasteiger partial charge in [-0.05, 0) is 25.6 Å². The zero-order valence-electron chi connectivity index (χ0n) is 12.0. The van der Waals surface area contributed by atoms with Crippen LogP contribution in [0.15, 0.2) is 23.2 Å². The Morgan fingerprint density at radius 1 is 1.40 bits per heavy atom. The Labute approximate surface area is 120 Å². The van der Waals surface area contributed by atoms with Gasteiger partial charge in [0.1, 0.15) is 4.90 Å². The molecule has 2 rings (SSSR count). The van der Waals surface area contributed by atoms with Crippen molar-refractivity contribution in [3.8, 4) is 0 Å². The molecule has 1 saturated heterocycles. The lowest BCUT2D eigenvalue weighted by molar-refractivity contribution is 0.135. The molecule has 112 valence electrons. The Balaban J connectivity index is 2.18. The summed E-state index contributed by atoms with van der Waals surface area (Å²) in [6.07, 6.45) is 1.40. The molecular weight excluding hydrogens is 276 g/mol. The van der Waals surface area contributed by atoms with Gasteiger partial charge >= 0.3 is 0 Å². The fourth-order valence-electron chi connectivity index (χ4n) is 2.48. The molecule has 6 nitrogen and oxygen atoms in total. The van der Waals surface area contributed by atoms with Crippen LogP contribution >= 0.6 is 0 Å². The molecule has 0 bridgehead atoms. The van der Waals surface area contributed by atoms with Crippen LogP contribution in [-0.2, 0) is 16.6 Å². The van der Waals surface area contributed by atoms with E-state index in [1.807, 2.05) is 0 Å². The molecular formula is C13H22N4O2S. The van der Waals surface area contributed by atoms with Gasteiger partial charge in [-0.15, -0.1) is 0 Å². The lowest BCUT2D eigenvalue weighted by Gasteiger charge is -2.38. The number of aromatic nitrogens is 1. The minimum Gasteiger partial charge on any atom is -0.325 e. The van der Waals surface area contributed by atoms with Crippen LogP contribution < -0.4 is 5.73 Å². The summed E-state index contributed by atoms with van der Waals surface area (Å²) in [5, 5.41) is 0. The lowest BCUT2D eigenvalue weighted by atomic mass is 10.2. The number of nitrogens with zero attached hydrogens (tertiary/aromatic N) is 3. The van der Waals surface area contributed by atoms with Crippen LogP contribution in [0.25, 0.3) is 0 Å². The van der Waals surface area contributed by atoms with Gasteiger partial charge in [-0.3, -0.25) is 9.88 Å². The molecule has 0 amide bonds. The topological polar surface area (TPSA) is 79.5 Å². The third-order valence-corrected chi connectivity index (χ3v) is 5.63. The summed E-state index contributed by atoms with van der Waals surface area (Å²) in [6, 6.07) is 3.49. The predicted molar refractivity (Wildman–Crippen MR) is 77.6 cm³/mol. The van der Waals surface area contributed by atoms with Crippen molar-refractivity contribution >= 4 is 10.0 Å². The zero-order valence-corrected chi connectivity index (χ0v) is 12.8. The third kappa shape index (κ3) is 3.01. The molecule has 1 fully saturated rings. The van der Waals surface area contributed by atoms with Gasteiger partial charge in [0, 0.05) is 38.4 Å². The normalized spacial score (nSPS) is 22.1. The Morgan fingerprint density at radius 2 is 2.15 bits per heavy atom. The highest BCUT2D eigenvalue weighted by Crippen LogP contribution is 2.19. The molecule has 2 heterocycles. The Hall–Kier alpha value is -1.02. The molecule has 7 heteroatoms. The summed E-state index contributed by atoms with van der Waals surface area (Å²) in [6.45, 7) is 7.23. The Bertz CT molecular complexity index is 544. The highest BCUT2D eigenvalue weighted by atomic mass is 32.2. The van der Waals surface area contributed by atoms with Crippen LogP contribution in [-0.4, -0.2) is 54.8 Å². The zero-order chi connectivity index (χ0) is 14.8. The second-order valence-electron chi connectivity index (χ2n) is 5.03. The van der Waals surface area contributed by atoms with Crippen LogP contribution in [0, 0.1) is 0 Å². The van der Waals surface area contributed by atoms with Gasteiger partial charge in [0.05, 0.1) is 5.69 Å². The first kappa shape index (κ1) is 15.4. The molecule has 1 aliphatic rings. The van der Waals surface area contributed by atoms with Gasteiger partial charge in [-0.25, -0.2) is 8.42 Å². The molecule has 1 aromatic heterocycles. The standard InChI is InChI=1S/C13H22N4O2S/c1-3-16-6-7-17(10-11(16)2)20(18,19)13-5-4-12(8-14)15-9-13/h4-5,9,11H,3,6-8,10,14H2,1-2H3. The van der Waals surface area contributed by atoms with Gasteiger partial charge in [0.25, 0.3) is 0 Å². The monoisotopic (exact) mass is 298 g/mol. The van der Waals surface area contributed by atoms with Crippen molar-refractivity contribution in [2.75, 3.05) is 26.2 Å². The number of pyridine rings is 1. The summed E-state index contributed by atoms with van der Waals surface area (Å²) in [5.41, 5.74) is 6.16. The molecule has 1 aliphatic heterocycles. The summed E-state index contributed by atoms with van der Waals surface area (Å²) < 4.78 is 26.7. The van der Waals surface area contributed by atoms with Gasteiger partial charge in [-0.2, -0.15) is 4.31 Å². The molecule has 0 saturated carbocycles. The van der Waals surface area contributed by atoms with E-state index in [0.29, 0.717) is 25.3 Å². The van der Waals surface area contributed by atoms with Crippen LogP contribution in [0.2, 0.25) is 0 Å². The van der Waals surface area contributed by atoms with Crippen molar-refractivity contribution in [1.82, 2.24) is 14.2 Å². The molecule has 0 spiro atoms. The molecule has 20 heavy (non-hydrogen) atoms. The quantitative estimate of drug-likeness (QED) is 0.862. The van der Waals surface area contributed by atoms with Crippen molar-refractivity contribution in [2.45, 2.75) is 31.3 Å². The summed E-state index contributed by atoms with van der Waals surface area (Å²) in [7, 11) is -3.45. The number of piperazine rings is 1. The molecule has 0 aromatic carbocycles. The number of sulfonamides is 1. The number of likely N-dealkylation sites (N-methyl/N-ethyl adjacent to an activating group) is 1. The summed E-state index contributed by atoms with van der Waals surface area (Å²) in [4.78, 5) is 6.59. The molecule has 2 N–H and O–H groups in total. The van der Waals surface area contributed by atoms with Crippen LogP contribution in [0.1, 0.15) is 19.5 Å². The van der Waals surface area contributed by atoms with E-state index >= 15 is 0 Å². The van der Waals surface area contributed by atoms with E-state index in [9.17, 15) is 8.42 Å². The summed E-state index contributed by atoms with van der Waals surface area (Å²) >= 11 is 0. The fourth-order valence-corrected chi connectivity index (χ4v) is 3.94. The van der Waals surface area contributed by atoms with Gasteiger partial charge < -0.3 is 5.73 Å². The third-order valence-electron chi connectivity index (χ3n) is 3.78. The summed E-state index contributed by atoms with van der Waals surface area (Å²) in [5.74, 6) is 0. The van der Waals surface area contributed by atoms with Crippen LogP contribution in [0.3, 0.4) is 0 Å². The second kappa shape index (κ2) is 6.17. The van der Waals surface area contributed by atoms with Crippen molar-refractivity contribution in [3.63, 3.8) is 0 Å². The van der Waals surface area contributed by atoms with E-state index in [2.05, 4.69) is 23.7 Å². The van der Waals surface area contributed by atoms with E-state index < -0.39 is 10.0 Å². The van der Waals surface area contributed by atoms with Crippen LogP contribution in [0.5, 0.6) is 0 Å². The first-order chi connectivity index (χ1) is 9.48. The number of nitrogens with two attached hydrogens (primary N) is 1. The molecule has 1 aromatic rings. The molecule has 0 aliphatic carbocycles. The minimum atomic E-state index is -3.45. The van der Waals surface area contributed by atoms with Gasteiger partial charge in [0.15, 0.2) is 0 Å². The van der Waals surface area contributed by atoms with Crippen molar-refractivity contribution < 1.29 is 8.42 Å². The van der Waals surface area contributed by atoms with Crippen molar-refractivity contribution in [1.29, 1.82) is 0 Å². The Kier molecular flexibility index (Phi) is 4.74. The van der Waals surface area contributed by atoms with Crippen LogP contribution in [0.4, 0.5) is 0 Å². The highest BCUT2D eigenvalue weighted by Gasteiger charge is 2.31. The largest absolute Gasteiger partial charge is 0.325 e. The maximum atomic E-state index is 12.6. The Morgan fingerprint density at radius 3 is 2.65 bits per heavy atom. The van der Waals surface area contributed by atoms with Crippen molar-refractivity contribution in [2.24, 2.45) is 5.73 Å². The maximum absolute atomic E-state index is 12.6. The van der Waals surface area contributed by atoms with E-state index in [1.54, 1.807) is 16.4 Å². The molecule has 1 atom stereocenters. The minimum absolute atomic E-state index is 0.236. The van der Waals surface area contributed by atoms with E-state index in [-0.39, 0.29) is 10.9 Å². The second-order valence-corrected chi connectivity index (χ2v) is 6.97. The van der Waals surface area contributed by atoms with E-state index in [1.165, 1.54) is 6.20 Å².